The molecule has 1 aliphatic carbocycles. The van der Waals surface area contributed by atoms with Gasteiger partial charge >= 0.3 is 0 Å². The Morgan fingerprint density at radius 1 is 1.28 bits per heavy atom. The third-order valence-corrected chi connectivity index (χ3v) is 4.41. The largest absolute Gasteiger partial charge is 0.307 e. The molecular formula is C16H24ClN. The molecule has 0 spiro atoms. The van der Waals surface area contributed by atoms with Crippen LogP contribution in [0.1, 0.15) is 58.1 Å². The van der Waals surface area contributed by atoms with E-state index >= 15 is 0 Å². The molecule has 0 aromatic heterocycles. The smallest absolute Gasteiger partial charge is 0.0409 e. The molecule has 1 atom stereocenters. The van der Waals surface area contributed by atoms with Crippen molar-refractivity contribution in [3.8, 4) is 0 Å². The lowest BCUT2D eigenvalue weighted by molar-refractivity contribution is 0.200. The predicted octanol–water partition coefficient (Wildman–Crippen LogP) is 4.96. The van der Waals surface area contributed by atoms with Gasteiger partial charge in [-0.25, -0.2) is 0 Å². The van der Waals surface area contributed by atoms with Crippen molar-refractivity contribution >= 4 is 11.6 Å². The average molecular weight is 266 g/mol. The second kappa shape index (κ2) is 5.63. The zero-order valence-corrected chi connectivity index (χ0v) is 12.4. The van der Waals surface area contributed by atoms with E-state index in [1.54, 1.807) is 0 Å². The maximum absolute atomic E-state index is 6.04. The van der Waals surface area contributed by atoms with Gasteiger partial charge in [0, 0.05) is 17.1 Å². The Labute approximate surface area is 116 Å². The molecule has 100 valence electrons. The highest BCUT2D eigenvalue weighted by molar-refractivity contribution is 6.30. The van der Waals surface area contributed by atoms with Gasteiger partial charge in [-0.15, -0.1) is 0 Å². The summed E-state index contributed by atoms with van der Waals surface area (Å²) in [4.78, 5) is 0. The fourth-order valence-corrected chi connectivity index (χ4v) is 2.99. The van der Waals surface area contributed by atoms with Crippen LogP contribution in [0.2, 0.25) is 5.02 Å². The van der Waals surface area contributed by atoms with Crippen LogP contribution in [0.5, 0.6) is 0 Å². The Balaban J connectivity index is 1.90. The van der Waals surface area contributed by atoms with Crippen LogP contribution >= 0.6 is 11.6 Å². The van der Waals surface area contributed by atoms with Gasteiger partial charge in [-0.05, 0) is 55.7 Å². The summed E-state index contributed by atoms with van der Waals surface area (Å²) in [6.07, 6.45) is 5.23. The number of rotatable bonds is 3. The van der Waals surface area contributed by atoms with Gasteiger partial charge in [-0.1, -0.05) is 37.6 Å². The Morgan fingerprint density at radius 3 is 2.56 bits per heavy atom. The molecule has 1 saturated carbocycles. The maximum Gasteiger partial charge on any atom is 0.0409 e. The van der Waals surface area contributed by atoms with Crippen LogP contribution in [-0.4, -0.2) is 6.04 Å². The van der Waals surface area contributed by atoms with Crippen molar-refractivity contribution < 1.29 is 0 Å². The van der Waals surface area contributed by atoms with Crippen LogP contribution in [-0.2, 0) is 0 Å². The number of hydrogen-bond donors (Lipinski definition) is 1. The standard InChI is InChI=1S/C16H24ClN/c1-12(13-5-4-6-14(17)11-13)18-15-7-9-16(2,3)10-8-15/h4-6,11-12,15,18H,7-10H2,1-3H3/t12-/m1/s1. The lowest BCUT2D eigenvalue weighted by Gasteiger charge is -2.36. The first-order valence-electron chi connectivity index (χ1n) is 6.98. The summed E-state index contributed by atoms with van der Waals surface area (Å²) in [5.74, 6) is 0. The minimum absolute atomic E-state index is 0.384. The first kappa shape index (κ1) is 13.9. The van der Waals surface area contributed by atoms with Crippen LogP contribution < -0.4 is 5.32 Å². The molecule has 0 saturated heterocycles. The van der Waals surface area contributed by atoms with Gasteiger partial charge in [0.1, 0.15) is 0 Å². The van der Waals surface area contributed by atoms with E-state index in [-0.39, 0.29) is 0 Å². The third kappa shape index (κ3) is 3.73. The molecule has 2 heteroatoms. The Kier molecular flexibility index (Phi) is 4.34. The molecule has 0 aliphatic heterocycles. The van der Waals surface area contributed by atoms with Crippen LogP contribution in [0, 0.1) is 5.41 Å². The van der Waals surface area contributed by atoms with Crippen LogP contribution in [0.25, 0.3) is 0 Å². The zero-order chi connectivity index (χ0) is 13.2. The molecule has 0 unspecified atom stereocenters. The summed E-state index contributed by atoms with van der Waals surface area (Å²) in [6.45, 7) is 6.98. The monoisotopic (exact) mass is 265 g/mol. The minimum atomic E-state index is 0.384. The molecule has 0 radical (unpaired) electrons. The SMILES string of the molecule is C[C@@H](NC1CCC(C)(C)CC1)c1cccc(Cl)c1. The van der Waals surface area contributed by atoms with Crippen LogP contribution in [0.3, 0.4) is 0 Å². The highest BCUT2D eigenvalue weighted by atomic mass is 35.5. The highest BCUT2D eigenvalue weighted by Gasteiger charge is 2.27. The van der Waals surface area contributed by atoms with E-state index in [4.69, 9.17) is 11.6 Å². The van der Waals surface area contributed by atoms with Gasteiger partial charge < -0.3 is 5.32 Å². The second-order valence-electron chi connectivity index (χ2n) is 6.38. The quantitative estimate of drug-likeness (QED) is 0.815. The van der Waals surface area contributed by atoms with E-state index in [0.29, 0.717) is 17.5 Å². The van der Waals surface area contributed by atoms with Crippen molar-refractivity contribution in [3.05, 3.63) is 34.9 Å². The summed E-state index contributed by atoms with van der Waals surface area (Å²) in [6, 6.07) is 9.21. The average Bonchev–Trinajstić information content (AvgIpc) is 2.32. The highest BCUT2D eigenvalue weighted by Crippen LogP contribution is 2.35. The van der Waals surface area contributed by atoms with Crippen molar-refractivity contribution in [2.75, 3.05) is 0 Å². The molecule has 1 aliphatic rings. The molecule has 1 fully saturated rings. The fourth-order valence-electron chi connectivity index (χ4n) is 2.79. The summed E-state index contributed by atoms with van der Waals surface area (Å²) < 4.78 is 0. The maximum atomic E-state index is 6.04. The molecule has 1 aromatic carbocycles. The Morgan fingerprint density at radius 2 is 1.94 bits per heavy atom. The van der Waals surface area contributed by atoms with E-state index in [1.165, 1.54) is 31.2 Å². The van der Waals surface area contributed by atoms with Crippen molar-refractivity contribution in [2.45, 2.75) is 58.5 Å². The van der Waals surface area contributed by atoms with Gasteiger partial charge in [-0.2, -0.15) is 0 Å². The Bertz CT molecular complexity index is 390. The predicted molar refractivity (Wildman–Crippen MR) is 79.0 cm³/mol. The molecular weight excluding hydrogens is 242 g/mol. The summed E-state index contributed by atoms with van der Waals surface area (Å²) in [5, 5.41) is 4.57. The summed E-state index contributed by atoms with van der Waals surface area (Å²) in [5.41, 5.74) is 1.82. The van der Waals surface area contributed by atoms with Gasteiger partial charge in [0.15, 0.2) is 0 Å². The second-order valence-corrected chi connectivity index (χ2v) is 6.82. The molecule has 2 rings (SSSR count). The van der Waals surface area contributed by atoms with Gasteiger partial charge in [-0.3, -0.25) is 0 Å². The molecule has 0 amide bonds. The van der Waals surface area contributed by atoms with Gasteiger partial charge in [0.2, 0.25) is 0 Å². The minimum Gasteiger partial charge on any atom is -0.307 e. The summed E-state index contributed by atoms with van der Waals surface area (Å²) in [7, 11) is 0. The Hall–Kier alpha value is -0.530. The number of hydrogen-bond acceptors (Lipinski definition) is 1. The molecule has 0 bridgehead atoms. The van der Waals surface area contributed by atoms with Crippen molar-refractivity contribution in [1.29, 1.82) is 0 Å². The van der Waals surface area contributed by atoms with Crippen LogP contribution in [0.15, 0.2) is 24.3 Å². The molecule has 0 heterocycles. The first-order chi connectivity index (χ1) is 8.46. The van der Waals surface area contributed by atoms with E-state index in [1.807, 2.05) is 12.1 Å². The number of halogens is 1. The number of nitrogens with one attached hydrogen (secondary N) is 1. The topological polar surface area (TPSA) is 12.0 Å². The fraction of sp³-hybridized carbons (Fsp3) is 0.625. The van der Waals surface area contributed by atoms with Crippen molar-refractivity contribution in [3.63, 3.8) is 0 Å². The summed E-state index contributed by atoms with van der Waals surface area (Å²) >= 11 is 6.04. The van der Waals surface area contributed by atoms with E-state index in [0.717, 1.165) is 5.02 Å². The van der Waals surface area contributed by atoms with Crippen molar-refractivity contribution in [1.82, 2.24) is 5.32 Å². The lowest BCUT2D eigenvalue weighted by atomic mass is 9.75. The van der Waals surface area contributed by atoms with E-state index in [2.05, 4.69) is 38.2 Å². The van der Waals surface area contributed by atoms with Gasteiger partial charge in [0.25, 0.3) is 0 Å². The molecule has 1 nitrogen and oxygen atoms in total. The molecule has 1 N–H and O–H groups in total. The van der Waals surface area contributed by atoms with Crippen molar-refractivity contribution in [2.24, 2.45) is 5.41 Å². The van der Waals surface area contributed by atoms with E-state index in [9.17, 15) is 0 Å². The van der Waals surface area contributed by atoms with Crippen LogP contribution in [0.4, 0.5) is 0 Å². The normalized spacial score (nSPS) is 21.8. The number of benzene rings is 1. The van der Waals surface area contributed by atoms with Gasteiger partial charge in [0.05, 0.1) is 0 Å². The first-order valence-corrected chi connectivity index (χ1v) is 7.36. The molecule has 1 aromatic rings. The van der Waals surface area contributed by atoms with E-state index < -0.39 is 0 Å². The zero-order valence-electron chi connectivity index (χ0n) is 11.7. The third-order valence-electron chi connectivity index (χ3n) is 4.17. The lowest BCUT2D eigenvalue weighted by Crippen LogP contribution is -2.37. The molecule has 18 heavy (non-hydrogen) atoms.